The molecule has 39 heavy (non-hydrogen) atoms. The molecule has 3 aliphatic heterocycles. The van der Waals surface area contributed by atoms with Crippen LogP contribution in [-0.4, -0.2) is 63.0 Å². The zero-order chi connectivity index (χ0) is 27.3. The van der Waals surface area contributed by atoms with Gasteiger partial charge in [0.1, 0.15) is 5.54 Å². The number of piperazine rings is 1. The molecular formula is C31H28ClN3O4. The number of likely N-dealkylation sites (N-methyl/N-ethyl adjacent to an activating group) is 1. The number of fused-ring (bicyclic) bond motifs is 5. The van der Waals surface area contributed by atoms with Crippen LogP contribution in [0.5, 0.6) is 0 Å². The number of likely N-dealkylation sites (tertiary alicyclic amines) is 2. The van der Waals surface area contributed by atoms with Crippen LogP contribution in [0.25, 0.3) is 0 Å². The van der Waals surface area contributed by atoms with Crippen molar-refractivity contribution in [2.45, 2.75) is 31.5 Å². The van der Waals surface area contributed by atoms with Crippen LogP contribution >= 0.6 is 11.6 Å². The number of hydrogen-bond acceptors (Lipinski definition) is 4. The first-order valence-corrected chi connectivity index (χ1v) is 13.6. The van der Waals surface area contributed by atoms with Crippen molar-refractivity contribution in [1.82, 2.24) is 14.7 Å². The normalized spacial score (nSPS) is 25.8. The number of carbonyl (C=O) groups is 4. The van der Waals surface area contributed by atoms with Gasteiger partial charge in [-0.3, -0.25) is 24.1 Å². The lowest BCUT2D eigenvalue weighted by Crippen LogP contribution is -2.70. The Labute approximate surface area is 232 Å². The highest BCUT2D eigenvalue weighted by atomic mass is 35.5. The SMILES string of the molecule is CCN1C[C@@H]2[C@@H]3C(=O)N(Cc4ccccc4)C(=O)[C@@H]3[C@](Cc3ccccc3)(C1=O)N2C(=O)c1ccc(Cl)cc1. The molecule has 3 aromatic rings. The molecule has 0 unspecified atom stereocenters. The molecule has 6 rings (SSSR count). The molecule has 3 aliphatic rings. The van der Waals surface area contributed by atoms with Gasteiger partial charge < -0.3 is 9.80 Å². The predicted octanol–water partition coefficient (Wildman–Crippen LogP) is 3.81. The lowest BCUT2D eigenvalue weighted by atomic mass is 9.75. The Morgan fingerprint density at radius 1 is 0.872 bits per heavy atom. The van der Waals surface area contributed by atoms with Gasteiger partial charge in [0.2, 0.25) is 17.7 Å². The monoisotopic (exact) mass is 541 g/mol. The molecule has 4 atom stereocenters. The highest BCUT2D eigenvalue weighted by molar-refractivity contribution is 6.30. The summed E-state index contributed by atoms with van der Waals surface area (Å²) in [6.07, 6.45) is 0.137. The van der Waals surface area contributed by atoms with Crippen molar-refractivity contribution in [3.63, 3.8) is 0 Å². The Morgan fingerprint density at radius 3 is 2.10 bits per heavy atom. The van der Waals surface area contributed by atoms with Gasteiger partial charge in [0.15, 0.2) is 0 Å². The highest BCUT2D eigenvalue weighted by Gasteiger charge is 2.75. The lowest BCUT2D eigenvalue weighted by Gasteiger charge is -2.49. The average Bonchev–Trinajstić information content (AvgIpc) is 3.33. The number of hydrogen-bond donors (Lipinski definition) is 0. The van der Waals surface area contributed by atoms with E-state index in [0.717, 1.165) is 11.1 Å². The van der Waals surface area contributed by atoms with Gasteiger partial charge in [-0.05, 0) is 42.3 Å². The molecule has 0 aromatic heterocycles. The van der Waals surface area contributed by atoms with Crippen LogP contribution in [0.1, 0.15) is 28.4 Å². The maximum absolute atomic E-state index is 14.4. The molecule has 3 fully saturated rings. The maximum atomic E-state index is 14.4. The molecule has 0 N–H and O–H groups in total. The molecule has 7 nitrogen and oxygen atoms in total. The molecule has 3 saturated heterocycles. The number of benzene rings is 3. The summed E-state index contributed by atoms with van der Waals surface area (Å²) in [5.41, 5.74) is 0.483. The van der Waals surface area contributed by atoms with Gasteiger partial charge in [-0.15, -0.1) is 0 Å². The fraction of sp³-hybridized carbons (Fsp3) is 0.290. The van der Waals surface area contributed by atoms with Crippen molar-refractivity contribution in [3.8, 4) is 0 Å². The Bertz CT molecular complexity index is 1450. The fourth-order valence-electron chi connectivity index (χ4n) is 6.70. The number of nitrogens with zero attached hydrogens (tertiary/aromatic N) is 3. The summed E-state index contributed by atoms with van der Waals surface area (Å²) < 4.78 is 0. The van der Waals surface area contributed by atoms with Gasteiger partial charge in [-0.2, -0.15) is 0 Å². The lowest BCUT2D eigenvalue weighted by molar-refractivity contribution is -0.156. The molecule has 8 heteroatoms. The van der Waals surface area contributed by atoms with Crippen molar-refractivity contribution in [3.05, 3.63) is 107 Å². The smallest absolute Gasteiger partial charge is 0.255 e. The van der Waals surface area contributed by atoms with Crippen LogP contribution in [-0.2, 0) is 27.3 Å². The van der Waals surface area contributed by atoms with E-state index < -0.39 is 29.3 Å². The standard InChI is InChI=1S/C31H28ClN3O4/c1-2-33-19-24-25-26(29(38)34(28(25)37)18-21-11-7-4-8-12-21)31(30(33)39,17-20-9-5-3-6-10-20)35(24)27(36)22-13-15-23(32)16-14-22/h3-16,24-26H,2,17-19H2,1H3/t24-,25+,26-,31-/m1/s1. The van der Waals surface area contributed by atoms with Crippen molar-refractivity contribution in [2.75, 3.05) is 13.1 Å². The van der Waals surface area contributed by atoms with Crippen LogP contribution in [0.4, 0.5) is 0 Å². The van der Waals surface area contributed by atoms with Gasteiger partial charge in [0.25, 0.3) is 5.91 Å². The third-order valence-corrected chi connectivity index (χ3v) is 8.64. The van der Waals surface area contributed by atoms with Crippen molar-refractivity contribution in [1.29, 1.82) is 0 Å². The average molecular weight is 542 g/mol. The molecule has 198 valence electrons. The first kappa shape index (κ1) is 25.3. The number of carbonyl (C=O) groups excluding carboxylic acids is 4. The Kier molecular flexibility index (Phi) is 6.26. The summed E-state index contributed by atoms with van der Waals surface area (Å²) in [5, 5.41) is 0.485. The van der Waals surface area contributed by atoms with E-state index in [9.17, 15) is 19.2 Å². The Hall–Kier alpha value is -3.97. The van der Waals surface area contributed by atoms with E-state index in [2.05, 4.69) is 0 Å². The number of rotatable bonds is 6. The van der Waals surface area contributed by atoms with E-state index in [0.29, 0.717) is 17.1 Å². The summed E-state index contributed by atoms with van der Waals surface area (Å²) >= 11 is 6.09. The third-order valence-electron chi connectivity index (χ3n) is 8.39. The molecule has 0 radical (unpaired) electrons. The second-order valence-electron chi connectivity index (χ2n) is 10.4. The molecule has 0 spiro atoms. The number of amides is 4. The van der Waals surface area contributed by atoms with Crippen LogP contribution in [0.3, 0.4) is 0 Å². The molecule has 2 bridgehead atoms. The van der Waals surface area contributed by atoms with Crippen LogP contribution in [0.15, 0.2) is 84.9 Å². The Balaban J connectivity index is 1.51. The molecule has 3 heterocycles. The minimum atomic E-state index is -1.53. The van der Waals surface area contributed by atoms with Gasteiger partial charge in [-0.1, -0.05) is 72.3 Å². The van der Waals surface area contributed by atoms with Crippen LogP contribution in [0.2, 0.25) is 5.02 Å². The molecule has 0 aliphatic carbocycles. The van der Waals surface area contributed by atoms with E-state index in [4.69, 9.17) is 11.6 Å². The summed E-state index contributed by atoms with van der Waals surface area (Å²) in [6.45, 7) is 2.64. The maximum Gasteiger partial charge on any atom is 0.255 e. The first-order chi connectivity index (χ1) is 18.9. The van der Waals surface area contributed by atoms with Crippen molar-refractivity contribution < 1.29 is 19.2 Å². The number of halogens is 1. The van der Waals surface area contributed by atoms with E-state index >= 15 is 0 Å². The molecular weight excluding hydrogens is 514 g/mol. The second kappa shape index (κ2) is 9.65. The van der Waals surface area contributed by atoms with E-state index in [-0.39, 0.29) is 37.2 Å². The molecule has 4 amide bonds. The van der Waals surface area contributed by atoms with Gasteiger partial charge in [0, 0.05) is 30.1 Å². The van der Waals surface area contributed by atoms with Crippen LogP contribution < -0.4 is 0 Å². The van der Waals surface area contributed by atoms with E-state index in [1.165, 1.54) is 4.90 Å². The summed E-state index contributed by atoms with van der Waals surface area (Å²) in [6, 6.07) is 24.6. The van der Waals surface area contributed by atoms with E-state index in [1.807, 2.05) is 67.6 Å². The fourth-order valence-corrected chi connectivity index (χ4v) is 6.82. The summed E-state index contributed by atoms with van der Waals surface area (Å²) in [4.78, 5) is 61.4. The Morgan fingerprint density at radius 2 is 1.49 bits per heavy atom. The van der Waals surface area contributed by atoms with Crippen molar-refractivity contribution >= 4 is 35.2 Å². The largest absolute Gasteiger partial charge is 0.339 e. The first-order valence-electron chi connectivity index (χ1n) is 13.2. The summed E-state index contributed by atoms with van der Waals surface area (Å²) in [5.74, 6) is -3.16. The van der Waals surface area contributed by atoms with Gasteiger partial charge in [0.05, 0.1) is 24.4 Å². The predicted molar refractivity (Wildman–Crippen MR) is 146 cm³/mol. The highest BCUT2D eigenvalue weighted by Crippen LogP contribution is 2.54. The minimum absolute atomic E-state index is 0.135. The van der Waals surface area contributed by atoms with Crippen molar-refractivity contribution in [2.24, 2.45) is 11.8 Å². The van der Waals surface area contributed by atoms with Gasteiger partial charge >= 0.3 is 0 Å². The van der Waals surface area contributed by atoms with Gasteiger partial charge in [-0.25, -0.2) is 0 Å². The summed E-state index contributed by atoms with van der Waals surface area (Å²) in [7, 11) is 0. The zero-order valence-electron chi connectivity index (χ0n) is 21.5. The second-order valence-corrected chi connectivity index (χ2v) is 10.9. The number of imide groups is 1. The topological polar surface area (TPSA) is 78.0 Å². The molecule has 3 aromatic carbocycles. The van der Waals surface area contributed by atoms with E-state index in [1.54, 1.807) is 34.1 Å². The minimum Gasteiger partial charge on any atom is -0.339 e. The quantitative estimate of drug-likeness (QED) is 0.445. The van der Waals surface area contributed by atoms with Crippen LogP contribution in [0, 0.1) is 11.8 Å². The zero-order valence-corrected chi connectivity index (χ0v) is 22.3. The molecule has 0 saturated carbocycles. The third kappa shape index (κ3) is 3.87.